The molecular weight excluding hydrogens is 232 g/mol. The molecule has 1 aliphatic carbocycles. The molecule has 2 aliphatic rings. The normalized spacial score (nSPS) is 21.1. The molecular formula is C13H24N2O3. The minimum absolute atomic E-state index is 0.00131. The van der Waals surface area contributed by atoms with Crippen LogP contribution >= 0.6 is 0 Å². The summed E-state index contributed by atoms with van der Waals surface area (Å²) in [7, 11) is 0. The first-order chi connectivity index (χ1) is 8.79. The summed E-state index contributed by atoms with van der Waals surface area (Å²) < 4.78 is 5.46. The summed E-state index contributed by atoms with van der Waals surface area (Å²) in [6.07, 6.45) is 4.41. The van der Waals surface area contributed by atoms with E-state index in [0.717, 1.165) is 38.5 Å². The number of urea groups is 1. The standard InChI is InChI=1S/C13H24N2O3/c16-9-11-3-6-15(7-4-11)13(17)14-5-8-18-10-12-1-2-12/h11-12,16H,1-10H2,(H,14,17). The summed E-state index contributed by atoms with van der Waals surface area (Å²) in [5, 5.41) is 11.9. The number of nitrogens with zero attached hydrogens (tertiary/aromatic N) is 1. The Bertz CT molecular complexity index is 261. The second-order valence-electron chi connectivity index (χ2n) is 5.36. The van der Waals surface area contributed by atoms with Gasteiger partial charge in [0.1, 0.15) is 0 Å². The molecule has 1 heterocycles. The molecule has 0 spiro atoms. The summed E-state index contributed by atoms with van der Waals surface area (Å²) in [4.78, 5) is 13.6. The minimum atomic E-state index is 0.00131. The van der Waals surface area contributed by atoms with Crippen molar-refractivity contribution in [1.82, 2.24) is 10.2 Å². The highest BCUT2D eigenvalue weighted by molar-refractivity contribution is 5.74. The zero-order valence-electron chi connectivity index (χ0n) is 10.9. The number of rotatable bonds is 6. The van der Waals surface area contributed by atoms with E-state index in [1.165, 1.54) is 12.8 Å². The molecule has 0 aromatic rings. The number of hydrogen-bond donors (Lipinski definition) is 2. The van der Waals surface area contributed by atoms with Gasteiger partial charge in [-0.25, -0.2) is 4.79 Å². The number of amides is 2. The van der Waals surface area contributed by atoms with Crippen LogP contribution in [0.15, 0.2) is 0 Å². The predicted octanol–water partition coefficient (Wildman–Crippen LogP) is 0.827. The van der Waals surface area contributed by atoms with E-state index in [1.54, 1.807) is 0 Å². The second-order valence-corrected chi connectivity index (χ2v) is 5.36. The van der Waals surface area contributed by atoms with Crippen molar-refractivity contribution in [3.63, 3.8) is 0 Å². The highest BCUT2D eigenvalue weighted by atomic mass is 16.5. The molecule has 0 aromatic carbocycles. The van der Waals surface area contributed by atoms with Gasteiger partial charge in [-0.2, -0.15) is 0 Å². The molecule has 0 atom stereocenters. The first kappa shape index (κ1) is 13.6. The van der Waals surface area contributed by atoms with Gasteiger partial charge in [0, 0.05) is 32.8 Å². The second kappa shape index (κ2) is 6.95. The van der Waals surface area contributed by atoms with Crippen LogP contribution in [0.3, 0.4) is 0 Å². The summed E-state index contributed by atoms with van der Waals surface area (Å²) in [6.45, 7) is 3.78. The van der Waals surface area contributed by atoms with Crippen LogP contribution in [0.4, 0.5) is 4.79 Å². The minimum Gasteiger partial charge on any atom is -0.396 e. The lowest BCUT2D eigenvalue weighted by atomic mass is 9.98. The Labute approximate surface area is 108 Å². The van der Waals surface area contributed by atoms with E-state index in [2.05, 4.69) is 5.32 Å². The van der Waals surface area contributed by atoms with Gasteiger partial charge in [0.15, 0.2) is 0 Å². The van der Waals surface area contributed by atoms with E-state index < -0.39 is 0 Å². The molecule has 18 heavy (non-hydrogen) atoms. The fourth-order valence-corrected chi connectivity index (χ4v) is 2.20. The van der Waals surface area contributed by atoms with Crippen LogP contribution in [0, 0.1) is 11.8 Å². The van der Waals surface area contributed by atoms with Crippen LogP contribution in [0.1, 0.15) is 25.7 Å². The lowest BCUT2D eigenvalue weighted by Crippen LogP contribution is -2.45. The zero-order valence-corrected chi connectivity index (χ0v) is 10.9. The number of nitrogens with one attached hydrogen (secondary N) is 1. The molecule has 2 fully saturated rings. The van der Waals surface area contributed by atoms with Crippen molar-refractivity contribution < 1.29 is 14.6 Å². The number of aliphatic hydroxyl groups excluding tert-OH is 1. The molecule has 104 valence electrons. The largest absolute Gasteiger partial charge is 0.396 e. The molecule has 5 heteroatoms. The highest BCUT2D eigenvalue weighted by Crippen LogP contribution is 2.28. The maximum atomic E-state index is 11.8. The summed E-state index contributed by atoms with van der Waals surface area (Å²) in [5.41, 5.74) is 0. The van der Waals surface area contributed by atoms with E-state index in [1.807, 2.05) is 4.90 Å². The molecule has 0 radical (unpaired) electrons. The third kappa shape index (κ3) is 4.46. The predicted molar refractivity (Wildman–Crippen MR) is 68.3 cm³/mol. The first-order valence-electron chi connectivity index (χ1n) is 7.01. The smallest absolute Gasteiger partial charge is 0.317 e. The Balaban J connectivity index is 1.51. The van der Waals surface area contributed by atoms with Crippen LogP contribution in [-0.2, 0) is 4.74 Å². The van der Waals surface area contributed by atoms with Crippen molar-refractivity contribution in [2.24, 2.45) is 11.8 Å². The van der Waals surface area contributed by atoms with Gasteiger partial charge in [-0.1, -0.05) is 0 Å². The monoisotopic (exact) mass is 256 g/mol. The van der Waals surface area contributed by atoms with Crippen molar-refractivity contribution in [2.45, 2.75) is 25.7 Å². The molecule has 5 nitrogen and oxygen atoms in total. The molecule has 1 aliphatic heterocycles. The van der Waals surface area contributed by atoms with E-state index in [0.29, 0.717) is 19.1 Å². The summed E-state index contributed by atoms with van der Waals surface area (Å²) >= 11 is 0. The molecule has 2 rings (SSSR count). The molecule has 0 bridgehead atoms. The number of piperidine rings is 1. The number of aliphatic hydroxyl groups is 1. The van der Waals surface area contributed by atoms with Crippen LogP contribution in [0.25, 0.3) is 0 Å². The Morgan fingerprint density at radius 2 is 1.94 bits per heavy atom. The number of carbonyl (C=O) groups is 1. The molecule has 1 saturated carbocycles. The van der Waals surface area contributed by atoms with E-state index in [-0.39, 0.29) is 12.6 Å². The molecule has 0 unspecified atom stereocenters. The average Bonchev–Trinajstić information content (AvgIpc) is 3.22. The van der Waals surface area contributed by atoms with Crippen LogP contribution in [0.5, 0.6) is 0 Å². The molecule has 2 N–H and O–H groups in total. The van der Waals surface area contributed by atoms with Crippen molar-refractivity contribution >= 4 is 6.03 Å². The van der Waals surface area contributed by atoms with Gasteiger partial charge in [-0.05, 0) is 37.5 Å². The number of hydrogen-bond acceptors (Lipinski definition) is 3. The van der Waals surface area contributed by atoms with Gasteiger partial charge < -0.3 is 20.1 Å². The average molecular weight is 256 g/mol. The third-order valence-corrected chi connectivity index (χ3v) is 3.73. The highest BCUT2D eigenvalue weighted by Gasteiger charge is 2.22. The van der Waals surface area contributed by atoms with Gasteiger partial charge >= 0.3 is 6.03 Å². The van der Waals surface area contributed by atoms with Gasteiger partial charge in [0.05, 0.1) is 6.61 Å². The van der Waals surface area contributed by atoms with Crippen molar-refractivity contribution in [3.05, 3.63) is 0 Å². The first-order valence-corrected chi connectivity index (χ1v) is 7.01. The maximum Gasteiger partial charge on any atom is 0.317 e. The van der Waals surface area contributed by atoms with E-state index in [4.69, 9.17) is 9.84 Å². The van der Waals surface area contributed by atoms with Gasteiger partial charge in [-0.15, -0.1) is 0 Å². The Kier molecular flexibility index (Phi) is 5.26. The third-order valence-electron chi connectivity index (χ3n) is 3.73. The van der Waals surface area contributed by atoms with Crippen molar-refractivity contribution in [2.75, 3.05) is 39.5 Å². The zero-order chi connectivity index (χ0) is 12.8. The number of carbonyl (C=O) groups excluding carboxylic acids is 1. The maximum absolute atomic E-state index is 11.8. The quantitative estimate of drug-likeness (QED) is 0.692. The fourth-order valence-electron chi connectivity index (χ4n) is 2.20. The topological polar surface area (TPSA) is 61.8 Å². The van der Waals surface area contributed by atoms with Crippen molar-refractivity contribution in [3.8, 4) is 0 Å². The van der Waals surface area contributed by atoms with Crippen LogP contribution < -0.4 is 5.32 Å². The van der Waals surface area contributed by atoms with E-state index in [9.17, 15) is 4.79 Å². The Morgan fingerprint density at radius 3 is 2.56 bits per heavy atom. The van der Waals surface area contributed by atoms with Crippen molar-refractivity contribution in [1.29, 1.82) is 0 Å². The molecule has 2 amide bonds. The summed E-state index contributed by atoms with van der Waals surface area (Å²) in [5.74, 6) is 1.15. The fraction of sp³-hybridized carbons (Fsp3) is 0.923. The number of ether oxygens (including phenoxy) is 1. The van der Waals surface area contributed by atoms with E-state index >= 15 is 0 Å². The van der Waals surface area contributed by atoms with Crippen LogP contribution in [0.2, 0.25) is 0 Å². The molecule has 1 saturated heterocycles. The van der Waals surface area contributed by atoms with Crippen LogP contribution in [-0.4, -0.2) is 55.5 Å². The lowest BCUT2D eigenvalue weighted by Gasteiger charge is -2.31. The lowest BCUT2D eigenvalue weighted by molar-refractivity contribution is 0.118. The van der Waals surface area contributed by atoms with Gasteiger partial charge in [0.2, 0.25) is 0 Å². The molecule has 0 aromatic heterocycles. The van der Waals surface area contributed by atoms with Gasteiger partial charge in [-0.3, -0.25) is 0 Å². The number of likely N-dealkylation sites (tertiary alicyclic amines) is 1. The van der Waals surface area contributed by atoms with Gasteiger partial charge in [0.25, 0.3) is 0 Å². The Hall–Kier alpha value is -0.810. The Morgan fingerprint density at radius 1 is 1.22 bits per heavy atom. The summed E-state index contributed by atoms with van der Waals surface area (Å²) in [6, 6.07) is 0.00131. The SMILES string of the molecule is O=C(NCCOCC1CC1)N1CCC(CO)CC1.